The van der Waals surface area contributed by atoms with E-state index in [1.807, 2.05) is 23.9 Å². The fraction of sp³-hybridized carbons (Fsp3) is 0.600. The van der Waals surface area contributed by atoms with Crippen LogP contribution in [0.3, 0.4) is 0 Å². The Hall–Kier alpha value is -2.70. The molecule has 3 saturated carbocycles. The fourth-order valence-electron chi connectivity index (χ4n) is 6.22. The van der Waals surface area contributed by atoms with E-state index in [1.54, 1.807) is 0 Å². The predicted molar refractivity (Wildman–Crippen MR) is 121 cm³/mol. The van der Waals surface area contributed by atoms with Crippen molar-refractivity contribution in [3.8, 4) is 11.3 Å². The Kier molecular flexibility index (Phi) is 4.63. The van der Waals surface area contributed by atoms with Crippen molar-refractivity contribution in [2.24, 2.45) is 17.8 Å². The van der Waals surface area contributed by atoms with E-state index in [1.165, 1.54) is 25.7 Å². The van der Waals surface area contributed by atoms with Crippen LogP contribution >= 0.6 is 0 Å². The summed E-state index contributed by atoms with van der Waals surface area (Å²) in [5.74, 6) is 2.60. The number of hydrogen-bond donors (Lipinski definition) is 1. The summed E-state index contributed by atoms with van der Waals surface area (Å²) in [5.41, 5.74) is 4.58. The normalized spacial score (nSPS) is 25.5. The zero-order valence-electron chi connectivity index (χ0n) is 19.1. The van der Waals surface area contributed by atoms with E-state index < -0.39 is 0 Å². The van der Waals surface area contributed by atoms with Crippen molar-refractivity contribution in [2.75, 3.05) is 0 Å². The zero-order valence-corrected chi connectivity index (χ0v) is 19.1. The van der Waals surface area contributed by atoms with Gasteiger partial charge in [0.2, 0.25) is 0 Å². The molecule has 0 saturated heterocycles. The van der Waals surface area contributed by atoms with Crippen molar-refractivity contribution < 1.29 is 9.32 Å². The van der Waals surface area contributed by atoms with E-state index >= 15 is 0 Å². The van der Waals surface area contributed by atoms with Crippen LogP contribution < -0.4 is 5.32 Å². The van der Waals surface area contributed by atoms with Gasteiger partial charge in [-0.3, -0.25) is 9.48 Å². The summed E-state index contributed by atoms with van der Waals surface area (Å²) in [6.45, 7) is 7.03. The second-order valence-corrected chi connectivity index (χ2v) is 10.1. The molecular weight excluding hydrogens is 402 g/mol. The van der Waals surface area contributed by atoms with E-state index in [0.717, 1.165) is 48.2 Å². The molecule has 0 aromatic carbocycles. The first-order valence-electron chi connectivity index (χ1n) is 12.2. The van der Waals surface area contributed by atoms with Crippen LogP contribution in [0.1, 0.15) is 80.0 Å². The standard InChI is InChI=1S/C25H31N5O2/c1-4-30-14(3)20(12-26-30)23-22-19(11-21(16-7-8-16)28-25(22)32-29-23)24(31)27-13(2)18-10-15-5-6-17(18)9-15/h11-13,15-18H,4-10H2,1-3H3,(H,27,31)/t13-,15+,17+,18-/m1/s1. The third-order valence-electron chi connectivity index (χ3n) is 8.16. The fourth-order valence-corrected chi connectivity index (χ4v) is 6.22. The Morgan fingerprint density at radius 3 is 2.78 bits per heavy atom. The lowest BCUT2D eigenvalue weighted by Gasteiger charge is -2.28. The van der Waals surface area contributed by atoms with Crippen LogP contribution in [0.15, 0.2) is 16.8 Å². The Morgan fingerprint density at radius 1 is 1.28 bits per heavy atom. The maximum Gasteiger partial charge on any atom is 0.259 e. The highest BCUT2D eigenvalue weighted by Crippen LogP contribution is 2.49. The molecule has 4 atom stereocenters. The Labute approximate surface area is 187 Å². The summed E-state index contributed by atoms with van der Waals surface area (Å²) in [6.07, 6.45) is 9.31. The summed E-state index contributed by atoms with van der Waals surface area (Å²) in [5, 5.41) is 12.9. The lowest BCUT2D eigenvalue weighted by atomic mass is 9.84. The minimum absolute atomic E-state index is 0.0421. The maximum atomic E-state index is 13.6. The van der Waals surface area contributed by atoms with E-state index in [2.05, 4.69) is 29.4 Å². The smallest absolute Gasteiger partial charge is 0.259 e. The third kappa shape index (κ3) is 3.16. The molecular formula is C25H31N5O2. The van der Waals surface area contributed by atoms with Crippen LogP contribution in [0.2, 0.25) is 0 Å². The molecule has 3 aromatic rings. The molecule has 1 N–H and O–H groups in total. The quantitative estimate of drug-likeness (QED) is 0.601. The Bertz CT molecular complexity index is 1190. The molecule has 3 heterocycles. The molecule has 3 aliphatic carbocycles. The number of pyridine rings is 1. The summed E-state index contributed by atoms with van der Waals surface area (Å²) in [4.78, 5) is 18.4. The van der Waals surface area contributed by atoms with E-state index in [0.29, 0.717) is 34.2 Å². The topological polar surface area (TPSA) is 85.8 Å². The molecule has 0 unspecified atom stereocenters. The molecule has 168 valence electrons. The highest BCUT2D eigenvalue weighted by Gasteiger charge is 2.42. The van der Waals surface area contributed by atoms with Crippen molar-refractivity contribution in [1.29, 1.82) is 0 Å². The van der Waals surface area contributed by atoms with Gasteiger partial charge in [0.25, 0.3) is 11.6 Å². The minimum Gasteiger partial charge on any atom is -0.349 e. The third-order valence-corrected chi connectivity index (χ3v) is 8.16. The molecule has 3 aliphatic rings. The van der Waals surface area contributed by atoms with Gasteiger partial charge in [-0.05, 0) is 76.7 Å². The van der Waals surface area contributed by atoms with Crippen molar-refractivity contribution >= 4 is 17.0 Å². The molecule has 7 nitrogen and oxygen atoms in total. The van der Waals surface area contributed by atoms with E-state index in [-0.39, 0.29) is 11.9 Å². The zero-order chi connectivity index (χ0) is 22.0. The Morgan fingerprint density at radius 2 is 2.12 bits per heavy atom. The van der Waals surface area contributed by atoms with Crippen LogP contribution in [0.5, 0.6) is 0 Å². The first-order chi connectivity index (χ1) is 15.5. The molecule has 2 bridgehead atoms. The number of nitrogens with zero attached hydrogens (tertiary/aromatic N) is 4. The van der Waals surface area contributed by atoms with Gasteiger partial charge >= 0.3 is 0 Å². The first kappa shape index (κ1) is 19.9. The molecule has 6 rings (SSSR count). The molecule has 32 heavy (non-hydrogen) atoms. The summed E-state index contributed by atoms with van der Waals surface area (Å²) >= 11 is 0. The number of amides is 1. The SMILES string of the molecule is CCn1ncc(-c2noc3nc(C4CC4)cc(C(=O)N[C@H](C)[C@H]4C[C@H]5CC[C@H]4C5)c23)c1C. The number of rotatable bonds is 6. The number of aryl methyl sites for hydroxylation is 1. The second kappa shape index (κ2) is 7.42. The Balaban J connectivity index is 1.39. The van der Waals surface area contributed by atoms with Gasteiger partial charge in [-0.1, -0.05) is 11.6 Å². The lowest BCUT2D eigenvalue weighted by Crippen LogP contribution is -2.40. The van der Waals surface area contributed by atoms with Gasteiger partial charge < -0.3 is 9.84 Å². The number of fused-ring (bicyclic) bond motifs is 3. The number of carbonyl (C=O) groups excluding carboxylic acids is 1. The van der Waals surface area contributed by atoms with Gasteiger partial charge in [0, 0.05) is 35.5 Å². The predicted octanol–water partition coefficient (Wildman–Crippen LogP) is 4.85. The molecule has 0 radical (unpaired) electrons. The van der Waals surface area contributed by atoms with Gasteiger partial charge in [0.15, 0.2) is 0 Å². The van der Waals surface area contributed by atoms with E-state index in [9.17, 15) is 4.79 Å². The van der Waals surface area contributed by atoms with Gasteiger partial charge in [0.05, 0.1) is 17.1 Å². The number of hydrogen-bond acceptors (Lipinski definition) is 5. The largest absolute Gasteiger partial charge is 0.349 e. The van der Waals surface area contributed by atoms with Crippen LogP contribution in [0.4, 0.5) is 0 Å². The van der Waals surface area contributed by atoms with Crippen molar-refractivity contribution in [3.05, 3.63) is 29.2 Å². The van der Waals surface area contributed by atoms with Crippen LogP contribution in [-0.2, 0) is 6.54 Å². The molecule has 3 aromatic heterocycles. The summed E-state index contributed by atoms with van der Waals surface area (Å²) in [6, 6.07) is 2.14. The monoisotopic (exact) mass is 433 g/mol. The lowest BCUT2D eigenvalue weighted by molar-refractivity contribution is 0.0916. The summed E-state index contributed by atoms with van der Waals surface area (Å²) in [7, 11) is 0. The van der Waals surface area contributed by atoms with Crippen LogP contribution in [0, 0.1) is 24.7 Å². The maximum absolute atomic E-state index is 13.6. The van der Waals surface area contributed by atoms with Crippen LogP contribution in [-0.4, -0.2) is 31.9 Å². The van der Waals surface area contributed by atoms with Gasteiger partial charge in [-0.25, -0.2) is 4.98 Å². The minimum atomic E-state index is -0.0421. The number of aromatic nitrogens is 4. The van der Waals surface area contributed by atoms with Crippen molar-refractivity contribution in [2.45, 2.75) is 77.8 Å². The van der Waals surface area contributed by atoms with E-state index in [4.69, 9.17) is 9.51 Å². The molecule has 0 aliphatic heterocycles. The van der Waals surface area contributed by atoms with Crippen molar-refractivity contribution in [1.82, 2.24) is 25.2 Å². The molecule has 3 fully saturated rings. The highest BCUT2D eigenvalue weighted by molar-refractivity contribution is 6.09. The van der Waals surface area contributed by atoms with Gasteiger partial charge in [-0.15, -0.1) is 0 Å². The van der Waals surface area contributed by atoms with Gasteiger partial charge in [-0.2, -0.15) is 5.10 Å². The van der Waals surface area contributed by atoms with Crippen LogP contribution in [0.25, 0.3) is 22.4 Å². The summed E-state index contributed by atoms with van der Waals surface area (Å²) < 4.78 is 7.61. The first-order valence-corrected chi connectivity index (χ1v) is 12.2. The van der Waals surface area contributed by atoms with Crippen molar-refractivity contribution in [3.63, 3.8) is 0 Å². The molecule has 7 heteroatoms. The number of nitrogens with one attached hydrogen (secondary N) is 1. The second-order valence-electron chi connectivity index (χ2n) is 10.1. The average Bonchev–Trinajstić information content (AvgIpc) is 3.12. The number of carbonyl (C=O) groups is 1. The highest BCUT2D eigenvalue weighted by atomic mass is 16.5. The molecule has 0 spiro atoms. The average molecular weight is 434 g/mol. The molecule has 1 amide bonds. The van der Waals surface area contributed by atoms with Gasteiger partial charge in [0.1, 0.15) is 5.69 Å².